The molecule has 9 nitrogen and oxygen atoms in total. The fraction of sp³-hybridized carbons (Fsp3) is 0.286. The summed E-state index contributed by atoms with van der Waals surface area (Å²) in [5.74, 6) is -1.14. The minimum atomic E-state index is -4.71. The molecule has 1 atom stereocenters. The molecule has 42 heavy (non-hydrogen) atoms. The molecular weight excluding hydrogens is 576 g/mol. The number of sulfonamides is 1. The van der Waals surface area contributed by atoms with Crippen molar-refractivity contribution in [1.82, 2.24) is 29.3 Å². The van der Waals surface area contributed by atoms with Crippen LogP contribution in [0.5, 0.6) is 0 Å². The lowest BCUT2D eigenvalue weighted by Crippen LogP contribution is -2.53. The standard InChI is InChI=1S/C28H24F4N6O3S/c1-16-25(17(2)36-35-16)42(40,41)37-10-8-19-12-24-18(14-34-38(24)22-5-3-21(29)4-6-22)13-27(19,15-37)26(39)23-11-20(7-9-33-23)28(30,31)32/h3-7,9,11-12,14H,8,10,13,15H2,1-2H3,(H,35,36)/t27-/m0/s1. The number of H-pyrrole nitrogens is 1. The molecule has 0 unspecified atom stereocenters. The average Bonchev–Trinajstić information content (AvgIpc) is 3.52. The van der Waals surface area contributed by atoms with E-state index < -0.39 is 44.5 Å². The second-order valence-electron chi connectivity index (χ2n) is 10.5. The summed E-state index contributed by atoms with van der Waals surface area (Å²) in [4.78, 5) is 18.2. The zero-order valence-electron chi connectivity index (χ0n) is 22.4. The van der Waals surface area contributed by atoms with Crippen LogP contribution in [0.25, 0.3) is 11.8 Å². The molecule has 4 heterocycles. The number of rotatable bonds is 5. The highest BCUT2D eigenvalue weighted by Crippen LogP contribution is 2.47. The molecule has 218 valence electrons. The number of hydrogen-bond donors (Lipinski definition) is 1. The Balaban J connectivity index is 1.48. The minimum absolute atomic E-state index is 0.00431. The first-order valence-electron chi connectivity index (χ1n) is 12.9. The Morgan fingerprint density at radius 3 is 2.52 bits per heavy atom. The number of nitrogens with one attached hydrogen (secondary N) is 1. The Bertz CT molecular complexity index is 1840. The predicted molar refractivity (Wildman–Crippen MR) is 143 cm³/mol. The van der Waals surface area contributed by atoms with Gasteiger partial charge in [0.1, 0.15) is 16.4 Å². The normalized spacial score (nSPS) is 19.2. The van der Waals surface area contributed by atoms with Crippen molar-refractivity contribution in [2.45, 2.75) is 37.8 Å². The van der Waals surface area contributed by atoms with Gasteiger partial charge < -0.3 is 0 Å². The number of Topliss-reactive ketones (excluding diaryl/α,β-unsaturated/α-hetero) is 1. The van der Waals surface area contributed by atoms with Crippen LogP contribution in [0.3, 0.4) is 0 Å². The molecule has 1 aliphatic heterocycles. The SMILES string of the molecule is Cc1n[nH]c(C)c1S(=O)(=O)N1CCC2=Cc3c(cnn3-c3ccc(F)cc3)C[C@]2(C(=O)c2cc(C(F)(F)F)ccn2)C1. The third kappa shape index (κ3) is 4.45. The van der Waals surface area contributed by atoms with E-state index in [-0.39, 0.29) is 36.5 Å². The second-order valence-corrected chi connectivity index (χ2v) is 12.4. The molecule has 0 amide bonds. The van der Waals surface area contributed by atoms with E-state index in [1.807, 2.05) is 0 Å². The fourth-order valence-corrected chi connectivity index (χ4v) is 7.67. The zero-order chi connectivity index (χ0) is 30.0. The molecule has 0 spiro atoms. The van der Waals surface area contributed by atoms with Crippen molar-refractivity contribution < 1.29 is 30.8 Å². The fourth-order valence-electron chi connectivity index (χ4n) is 5.83. The molecule has 1 fully saturated rings. The van der Waals surface area contributed by atoms with Gasteiger partial charge in [0, 0.05) is 19.3 Å². The molecule has 1 N–H and O–H groups in total. The lowest BCUT2D eigenvalue weighted by Gasteiger charge is -2.44. The first kappa shape index (κ1) is 28.0. The molecule has 2 aliphatic rings. The van der Waals surface area contributed by atoms with E-state index in [1.165, 1.54) is 22.6 Å². The summed E-state index contributed by atoms with van der Waals surface area (Å²) in [6.07, 6.45) is -0.415. The van der Waals surface area contributed by atoms with Crippen molar-refractivity contribution in [1.29, 1.82) is 0 Å². The van der Waals surface area contributed by atoms with Gasteiger partial charge in [0.2, 0.25) is 10.0 Å². The first-order chi connectivity index (χ1) is 19.8. The van der Waals surface area contributed by atoms with Gasteiger partial charge in [-0.2, -0.15) is 27.7 Å². The predicted octanol–water partition coefficient (Wildman–Crippen LogP) is 4.67. The van der Waals surface area contributed by atoms with Crippen LogP contribution in [0.1, 0.15) is 45.1 Å². The van der Waals surface area contributed by atoms with E-state index in [4.69, 9.17) is 0 Å². The number of carbonyl (C=O) groups excluding carboxylic acids is 1. The van der Waals surface area contributed by atoms with Crippen LogP contribution in [0.4, 0.5) is 17.6 Å². The maximum absolute atomic E-state index is 14.3. The van der Waals surface area contributed by atoms with E-state index in [0.717, 1.165) is 12.3 Å². The highest BCUT2D eigenvalue weighted by atomic mass is 32.2. The van der Waals surface area contributed by atoms with Gasteiger partial charge in [0.25, 0.3) is 0 Å². The smallest absolute Gasteiger partial charge is 0.291 e. The number of aromatic nitrogens is 5. The van der Waals surface area contributed by atoms with E-state index in [2.05, 4.69) is 20.3 Å². The van der Waals surface area contributed by atoms with Crippen LogP contribution < -0.4 is 0 Å². The number of alkyl halides is 3. The summed E-state index contributed by atoms with van der Waals surface area (Å²) in [5.41, 5.74) is -0.0754. The highest BCUT2D eigenvalue weighted by molar-refractivity contribution is 7.89. The first-order valence-corrected chi connectivity index (χ1v) is 14.4. The number of hydrogen-bond acceptors (Lipinski definition) is 6. The molecule has 14 heteroatoms. The Morgan fingerprint density at radius 2 is 1.86 bits per heavy atom. The molecule has 6 rings (SSSR count). The monoisotopic (exact) mass is 600 g/mol. The molecule has 0 radical (unpaired) electrons. The van der Waals surface area contributed by atoms with E-state index in [0.29, 0.717) is 34.3 Å². The number of fused-ring (bicyclic) bond motifs is 2. The van der Waals surface area contributed by atoms with Crippen molar-refractivity contribution >= 4 is 21.9 Å². The van der Waals surface area contributed by atoms with E-state index in [9.17, 15) is 30.8 Å². The van der Waals surface area contributed by atoms with Crippen LogP contribution in [0.2, 0.25) is 0 Å². The van der Waals surface area contributed by atoms with Crippen LogP contribution in [-0.2, 0) is 22.6 Å². The third-order valence-electron chi connectivity index (χ3n) is 7.87. The van der Waals surface area contributed by atoms with Crippen molar-refractivity contribution in [3.63, 3.8) is 0 Å². The Morgan fingerprint density at radius 1 is 1.12 bits per heavy atom. The van der Waals surface area contributed by atoms with Crippen LogP contribution in [-0.4, -0.2) is 56.6 Å². The van der Waals surface area contributed by atoms with Gasteiger partial charge in [-0.15, -0.1) is 0 Å². The van der Waals surface area contributed by atoms with Gasteiger partial charge in [0.15, 0.2) is 5.78 Å². The molecule has 0 saturated carbocycles. The number of nitrogens with zero attached hydrogens (tertiary/aromatic N) is 5. The average molecular weight is 601 g/mol. The maximum atomic E-state index is 14.3. The molecule has 4 aromatic rings. The van der Waals surface area contributed by atoms with Gasteiger partial charge in [-0.25, -0.2) is 17.5 Å². The van der Waals surface area contributed by atoms with E-state index >= 15 is 0 Å². The molecule has 3 aromatic heterocycles. The van der Waals surface area contributed by atoms with Crippen LogP contribution in [0.15, 0.2) is 59.3 Å². The molecule has 1 aliphatic carbocycles. The maximum Gasteiger partial charge on any atom is 0.416 e. The zero-order valence-corrected chi connectivity index (χ0v) is 23.2. The number of ketones is 1. The van der Waals surface area contributed by atoms with Crippen molar-refractivity contribution in [2.24, 2.45) is 5.41 Å². The Labute approximate surface area is 237 Å². The van der Waals surface area contributed by atoms with Crippen molar-refractivity contribution in [2.75, 3.05) is 13.1 Å². The van der Waals surface area contributed by atoms with Gasteiger partial charge in [-0.3, -0.25) is 14.9 Å². The number of benzene rings is 1. The lowest BCUT2D eigenvalue weighted by molar-refractivity contribution is -0.137. The highest BCUT2D eigenvalue weighted by Gasteiger charge is 2.52. The second kappa shape index (κ2) is 9.70. The molecule has 1 aromatic carbocycles. The van der Waals surface area contributed by atoms with Gasteiger partial charge >= 0.3 is 6.18 Å². The van der Waals surface area contributed by atoms with Gasteiger partial charge in [-0.1, -0.05) is 5.57 Å². The number of carbonyl (C=O) groups is 1. The summed E-state index contributed by atoms with van der Waals surface area (Å²) in [7, 11) is -4.13. The number of pyridine rings is 1. The summed E-state index contributed by atoms with van der Waals surface area (Å²) in [6.45, 7) is 2.84. The number of aryl methyl sites for hydroxylation is 2. The summed E-state index contributed by atoms with van der Waals surface area (Å²) < 4.78 is 84.7. The number of piperidine rings is 1. The summed E-state index contributed by atoms with van der Waals surface area (Å²) in [5, 5.41) is 11.1. The Hall–Kier alpha value is -4.17. The van der Waals surface area contributed by atoms with Crippen molar-refractivity contribution in [3.8, 4) is 5.69 Å². The minimum Gasteiger partial charge on any atom is -0.291 e. The molecule has 1 saturated heterocycles. The summed E-state index contributed by atoms with van der Waals surface area (Å²) >= 11 is 0. The largest absolute Gasteiger partial charge is 0.416 e. The lowest BCUT2D eigenvalue weighted by atomic mass is 9.65. The number of aromatic amines is 1. The Kier molecular flexibility index (Phi) is 6.46. The summed E-state index contributed by atoms with van der Waals surface area (Å²) in [6, 6.07) is 7.14. The van der Waals surface area contributed by atoms with Crippen LogP contribution >= 0.6 is 0 Å². The molecule has 0 bridgehead atoms. The van der Waals surface area contributed by atoms with Crippen LogP contribution in [0, 0.1) is 25.1 Å². The van der Waals surface area contributed by atoms with Gasteiger partial charge in [-0.05, 0) is 74.7 Å². The third-order valence-corrected chi connectivity index (χ3v) is 9.97. The molecular formula is C28H24F4N6O3S. The quantitative estimate of drug-likeness (QED) is 0.263. The van der Waals surface area contributed by atoms with E-state index in [1.54, 1.807) is 36.7 Å². The van der Waals surface area contributed by atoms with Crippen molar-refractivity contribution in [3.05, 3.63) is 94.1 Å². The topological polar surface area (TPSA) is 114 Å². The van der Waals surface area contributed by atoms with Gasteiger partial charge in [0.05, 0.1) is 39.9 Å². The number of halogens is 4.